The van der Waals surface area contributed by atoms with Crippen LogP contribution in [-0.4, -0.2) is 19.4 Å². The first-order valence-electron chi connectivity index (χ1n) is 6.85. The molecule has 0 saturated carbocycles. The largest absolute Gasteiger partial charge is 0.492 e. The number of ether oxygens (including phenoxy) is 1. The smallest absolute Gasteiger partial charge is 0.119 e. The predicted molar refractivity (Wildman–Crippen MR) is 86.6 cm³/mol. The number of hydrogen-bond donors (Lipinski definition) is 1. The highest BCUT2D eigenvalue weighted by atomic mass is 32.2. The molecule has 0 aromatic heterocycles. The Kier molecular flexibility index (Phi) is 5.96. The maximum absolute atomic E-state index is 5.66. The van der Waals surface area contributed by atoms with Gasteiger partial charge in [0, 0.05) is 17.5 Å². The van der Waals surface area contributed by atoms with Gasteiger partial charge >= 0.3 is 0 Å². The van der Waals surface area contributed by atoms with Crippen molar-refractivity contribution >= 4 is 11.8 Å². The van der Waals surface area contributed by atoms with Crippen LogP contribution in [0.5, 0.6) is 5.75 Å². The van der Waals surface area contributed by atoms with Crippen molar-refractivity contribution in [1.29, 1.82) is 0 Å². The molecule has 2 aromatic rings. The van der Waals surface area contributed by atoms with Crippen LogP contribution < -0.4 is 10.1 Å². The Bertz CT molecular complexity index is 498. The zero-order chi connectivity index (χ0) is 14.2. The number of rotatable bonds is 7. The van der Waals surface area contributed by atoms with Crippen LogP contribution in [0, 0.1) is 0 Å². The van der Waals surface area contributed by atoms with Gasteiger partial charge in [-0.15, -0.1) is 11.8 Å². The molecule has 106 valence electrons. The van der Waals surface area contributed by atoms with E-state index in [4.69, 9.17) is 4.74 Å². The van der Waals surface area contributed by atoms with Crippen LogP contribution in [0.2, 0.25) is 0 Å². The van der Waals surface area contributed by atoms with Crippen molar-refractivity contribution in [3.63, 3.8) is 0 Å². The van der Waals surface area contributed by atoms with Gasteiger partial charge in [-0.25, -0.2) is 0 Å². The average Bonchev–Trinajstić information content (AvgIpc) is 2.52. The van der Waals surface area contributed by atoms with Crippen LogP contribution in [0.15, 0.2) is 59.5 Å². The van der Waals surface area contributed by atoms with Crippen LogP contribution >= 0.6 is 11.8 Å². The van der Waals surface area contributed by atoms with E-state index in [0.29, 0.717) is 12.6 Å². The lowest BCUT2D eigenvalue weighted by molar-refractivity contribution is 0.307. The third-order valence-electron chi connectivity index (χ3n) is 3.18. The van der Waals surface area contributed by atoms with Crippen molar-refractivity contribution in [3.8, 4) is 5.75 Å². The normalized spacial score (nSPS) is 12.1. The van der Waals surface area contributed by atoms with E-state index < -0.39 is 0 Å². The molecule has 0 saturated heterocycles. The van der Waals surface area contributed by atoms with Crippen LogP contribution in [0.3, 0.4) is 0 Å². The molecule has 3 heteroatoms. The predicted octanol–water partition coefficient (Wildman–Crippen LogP) is 4.14. The summed E-state index contributed by atoms with van der Waals surface area (Å²) in [5.41, 5.74) is 1.31. The zero-order valence-corrected chi connectivity index (χ0v) is 12.8. The fourth-order valence-electron chi connectivity index (χ4n) is 1.97. The van der Waals surface area contributed by atoms with Crippen LogP contribution in [0.4, 0.5) is 0 Å². The summed E-state index contributed by atoms with van der Waals surface area (Å²) in [7, 11) is 0. The third kappa shape index (κ3) is 4.58. The molecular weight excluding hydrogens is 266 g/mol. The minimum atomic E-state index is 0.338. The Labute approximate surface area is 125 Å². The Balaban J connectivity index is 1.73. The Morgan fingerprint density at radius 3 is 2.40 bits per heavy atom. The molecule has 1 N–H and O–H groups in total. The maximum atomic E-state index is 5.66. The summed E-state index contributed by atoms with van der Waals surface area (Å²) in [6.45, 7) is 3.69. The first-order chi connectivity index (χ1) is 9.79. The number of hydrogen-bond acceptors (Lipinski definition) is 3. The summed E-state index contributed by atoms with van der Waals surface area (Å²) in [4.78, 5) is 1.30. The molecule has 1 atom stereocenters. The first-order valence-corrected chi connectivity index (χ1v) is 8.07. The lowest BCUT2D eigenvalue weighted by Gasteiger charge is -2.15. The quantitative estimate of drug-likeness (QED) is 0.611. The first kappa shape index (κ1) is 14.9. The lowest BCUT2D eigenvalue weighted by atomic mass is 10.1. The van der Waals surface area contributed by atoms with Gasteiger partial charge in [0.05, 0.1) is 0 Å². The van der Waals surface area contributed by atoms with Gasteiger partial charge in [-0.2, -0.15) is 0 Å². The molecule has 0 aliphatic heterocycles. The maximum Gasteiger partial charge on any atom is 0.119 e. The minimum absolute atomic E-state index is 0.338. The number of benzene rings is 2. The van der Waals surface area contributed by atoms with Crippen molar-refractivity contribution < 1.29 is 4.74 Å². The van der Waals surface area contributed by atoms with Crippen LogP contribution in [0.25, 0.3) is 0 Å². The standard InChI is InChI=1S/C17H21NOS/c1-14(15-8-10-17(20-2)11-9-15)18-12-13-19-16-6-4-3-5-7-16/h3-11,14,18H,12-13H2,1-2H3. The molecular formula is C17H21NOS. The van der Waals surface area contributed by atoms with Crippen molar-refractivity contribution in [2.45, 2.75) is 17.9 Å². The summed E-state index contributed by atoms with van der Waals surface area (Å²) in [6.07, 6.45) is 2.09. The highest BCUT2D eigenvalue weighted by Gasteiger charge is 2.04. The molecule has 1 unspecified atom stereocenters. The number of thioether (sulfide) groups is 1. The summed E-state index contributed by atoms with van der Waals surface area (Å²) in [5.74, 6) is 0.922. The molecule has 0 fully saturated rings. The molecule has 2 aromatic carbocycles. The number of para-hydroxylation sites is 1. The minimum Gasteiger partial charge on any atom is -0.492 e. The fourth-order valence-corrected chi connectivity index (χ4v) is 2.38. The molecule has 0 amide bonds. The van der Waals surface area contributed by atoms with E-state index in [1.165, 1.54) is 10.5 Å². The Morgan fingerprint density at radius 1 is 1.05 bits per heavy atom. The second kappa shape index (κ2) is 7.98. The SMILES string of the molecule is CSc1ccc(C(C)NCCOc2ccccc2)cc1. The molecule has 20 heavy (non-hydrogen) atoms. The molecule has 0 bridgehead atoms. The fraction of sp³-hybridized carbons (Fsp3) is 0.294. The van der Waals surface area contributed by atoms with Gasteiger partial charge < -0.3 is 10.1 Å². The van der Waals surface area contributed by atoms with E-state index in [1.807, 2.05) is 30.3 Å². The highest BCUT2D eigenvalue weighted by Crippen LogP contribution is 2.18. The monoisotopic (exact) mass is 287 g/mol. The van der Waals surface area contributed by atoms with E-state index in [9.17, 15) is 0 Å². The second-order valence-corrected chi connectivity index (χ2v) is 5.49. The molecule has 2 nitrogen and oxygen atoms in total. The van der Waals surface area contributed by atoms with Crippen LogP contribution in [0.1, 0.15) is 18.5 Å². The van der Waals surface area contributed by atoms with E-state index in [-0.39, 0.29) is 0 Å². The topological polar surface area (TPSA) is 21.3 Å². The van der Waals surface area contributed by atoms with E-state index in [2.05, 4.69) is 42.8 Å². The van der Waals surface area contributed by atoms with Crippen molar-refractivity contribution in [2.24, 2.45) is 0 Å². The molecule has 0 aliphatic carbocycles. The van der Waals surface area contributed by atoms with E-state index in [1.54, 1.807) is 11.8 Å². The second-order valence-electron chi connectivity index (χ2n) is 4.61. The Morgan fingerprint density at radius 2 is 1.75 bits per heavy atom. The summed E-state index contributed by atoms with van der Waals surface area (Å²) in [5, 5.41) is 3.47. The molecule has 0 aliphatic rings. The van der Waals surface area contributed by atoms with Gasteiger partial charge in [-0.1, -0.05) is 30.3 Å². The van der Waals surface area contributed by atoms with Gasteiger partial charge in [0.2, 0.25) is 0 Å². The van der Waals surface area contributed by atoms with Crippen LogP contribution in [-0.2, 0) is 0 Å². The third-order valence-corrected chi connectivity index (χ3v) is 3.92. The van der Waals surface area contributed by atoms with Gasteiger partial charge in [-0.3, -0.25) is 0 Å². The van der Waals surface area contributed by atoms with E-state index in [0.717, 1.165) is 12.3 Å². The zero-order valence-electron chi connectivity index (χ0n) is 12.0. The molecule has 0 heterocycles. The average molecular weight is 287 g/mol. The lowest BCUT2D eigenvalue weighted by Crippen LogP contribution is -2.24. The van der Waals surface area contributed by atoms with Gasteiger partial charge in [0.25, 0.3) is 0 Å². The van der Waals surface area contributed by atoms with Crippen molar-refractivity contribution in [1.82, 2.24) is 5.32 Å². The summed E-state index contributed by atoms with van der Waals surface area (Å²) >= 11 is 1.77. The molecule has 0 radical (unpaired) electrons. The molecule has 0 spiro atoms. The highest BCUT2D eigenvalue weighted by molar-refractivity contribution is 7.98. The summed E-state index contributed by atoms with van der Waals surface area (Å²) in [6, 6.07) is 18.9. The van der Waals surface area contributed by atoms with Gasteiger partial charge in [-0.05, 0) is 43.0 Å². The molecule has 2 rings (SSSR count). The summed E-state index contributed by atoms with van der Waals surface area (Å²) < 4.78 is 5.66. The van der Waals surface area contributed by atoms with Gasteiger partial charge in [0.15, 0.2) is 0 Å². The van der Waals surface area contributed by atoms with E-state index >= 15 is 0 Å². The van der Waals surface area contributed by atoms with Crippen molar-refractivity contribution in [3.05, 3.63) is 60.2 Å². The van der Waals surface area contributed by atoms with Gasteiger partial charge in [0.1, 0.15) is 12.4 Å². The van der Waals surface area contributed by atoms with Crippen molar-refractivity contribution in [2.75, 3.05) is 19.4 Å². The number of nitrogens with one attached hydrogen (secondary N) is 1. The Hall–Kier alpha value is -1.45.